The first-order valence-corrected chi connectivity index (χ1v) is 8.42. The Hall–Kier alpha value is -3.41. The number of pyridine rings is 2. The topological polar surface area (TPSA) is 54.5 Å². The van der Waals surface area contributed by atoms with Crippen LogP contribution in [0.5, 0.6) is 0 Å². The van der Waals surface area contributed by atoms with Crippen molar-refractivity contribution < 1.29 is 8.78 Å². The van der Waals surface area contributed by atoms with Gasteiger partial charge in [0, 0.05) is 29.1 Å². The van der Waals surface area contributed by atoms with Crippen molar-refractivity contribution >= 4 is 0 Å². The van der Waals surface area contributed by atoms with Gasteiger partial charge < -0.3 is 4.98 Å². The molecule has 134 valence electrons. The summed E-state index contributed by atoms with van der Waals surface area (Å²) in [4.78, 5) is 15.9. The maximum atomic E-state index is 14.7. The molecule has 0 aliphatic rings. The Labute approximate surface area is 155 Å². The summed E-state index contributed by atoms with van der Waals surface area (Å²) in [6, 6.07) is 9.71. The summed E-state index contributed by atoms with van der Waals surface area (Å²) in [5.74, 6) is -0.222. The third-order valence-electron chi connectivity index (χ3n) is 4.41. The van der Waals surface area contributed by atoms with E-state index >= 15 is 0 Å². The second-order valence-corrected chi connectivity index (χ2v) is 6.30. The second-order valence-electron chi connectivity index (χ2n) is 6.30. The van der Waals surface area contributed by atoms with Crippen LogP contribution in [0.15, 0.2) is 55.0 Å². The van der Waals surface area contributed by atoms with E-state index < -0.39 is 0 Å². The van der Waals surface area contributed by atoms with Gasteiger partial charge in [-0.3, -0.25) is 4.98 Å². The maximum Gasteiger partial charge on any atom is 0.156 e. The van der Waals surface area contributed by atoms with Gasteiger partial charge >= 0.3 is 0 Å². The Morgan fingerprint density at radius 3 is 2.59 bits per heavy atom. The van der Waals surface area contributed by atoms with Crippen LogP contribution in [0.4, 0.5) is 8.78 Å². The molecule has 6 heteroatoms. The zero-order chi connectivity index (χ0) is 19.0. The molecule has 0 atom stereocenters. The quantitative estimate of drug-likeness (QED) is 0.552. The SMILES string of the molecule is Cc1ccncc1-c1cc(-c2ncc(-c3cccc(F)c3)[nH]2)nc(C)c1F. The van der Waals surface area contributed by atoms with Crippen LogP contribution in [-0.2, 0) is 0 Å². The Morgan fingerprint density at radius 1 is 0.963 bits per heavy atom. The van der Waals surface area contributed by atoms with Gasteiger partial charge in [-0.1, -0.05) is 12.1 Å². The average molecular weight is 362 g/mol. The van der Waals surface area contributed by atoms with E-state index in [2.05, 4.69) is 19.9 Å². The fourth-order valence-corrected chi connectivity index (χ4v) is 2.97. The summed E-state index contributed by atoms with van der Waals surface area (Å²) in [6.07, 6.45) is 4.92. The van der Waals surface area contributed by atoms with Gasteiger partial charge in [0.25, 0.3) is 0 Å². The average Bonchev–Trinajstić information content (AvgIpc) is 3.15. The Morgan fingerprint density at radius 2 is 1.81 bits per heavy atom. The van der Waals surface area contributed by atoms with E-state index in [1.165, 1.54) is 12.1 Å². The highest BCUT2D eigenvalue weighted by atomic mass is 19.1. The molecule has 0 aliphatic carbocycles. The molecular formula is C21H16F2N4. The van der Waals surface area contributed by atoms with Crippen LogP contribution >= 0.6 is 0 Å². The molecule has 4 rings (SSSR count). The minimum atomic E-state index is -0.383. The van der Waals surface area contributed by atoms with E-state index in [4.69, 9.17) is 0 Å². The van der Waals surface area contributed by atoms with Gasteiger partial charge in [0.1, 0.15) is 11.5 Å². The minimum Gasteiger partial charge on any atom is -0.337 e. The van der Waals surface area contributed by atoms with Crippen molar-refractivity contribution in [3.05, 3.63) is 77.9 Å². The highest BCUT2D eigenvalue weighted by molar-refractivity contribution is 5.72. The lowest BCUT2D eigenvalue weighted by Gasteiger charge is -2.10. The summed E-state index contributed by atoms with van der Waals surface area (Å²) in [7, 11) is 0. The zero-order valence-electron chi connectivity index (χ0n) is 14.8. The van der Waals surface area contributed by atoms with E-state index in [1.807, 2.05) is 13.0 Å². The van der Waals surface area contributed by atoms with E-state index in [1.54, 1.807) is 43.7 Å². The van der Waals surface area contributed by atoms with Crippen LogP contribution in [0.3, 0.4) is 0 Å². The van der Waals surface area contributed by atoms with Crippen molar-refractivity contribution in [3.63, 3.8) is 0 Å². The van der Waals surface area contributed by atoms with Crippen LogP contribution in [0.2, 0.25) is 0 Å². The number of H-pyrrole nitrogens is 1. The molecule has 1 N–H and O–H groups in total. The molecule has 0 saturated carbocycles. The lowest BCUT2D eigenvalue weighted by molar-refractivity contribution is 0.613. The van der Waals surface area contributed by atoms with Gasteiger partial charge in [-0.15, -0.1) is 0 Å². The molecule has 1 aromatic carbocycles. The number of rotatable bonds is 3. The van der Waals surface area contributed by atoms with E-state index in [0.717, 1.165) is 5.56 Å². The van der Waals surface area contributed by atoms with Gasteiger partial charge in [0.15, 0.2) is 11.6 Å². The first kappa shape index (κ1) is 17.0. The molecule has 27 heavy (non-hydrogen) atoms. The Bertz CT molecular complexity index is 1130. The molecule has 4 aromatic rings. The number of aromatic nitrogens is 4. The van der Waals surface area contributed by atoms with Crippen molar-refractivity contribution in [2.45, 2.75) is 13.8 Å². The first-order chi connectivity index (χ1) is 13.0. The highest BCUT2D eigenvalue weighted by Gasteiger charge is 2.16. The summed E-state index contributed by atoms with van der Waals surface area (Å²) in [6.45, 7) is 3.52. The van der Waals surface area contributed by atoms with E-state index in [-0.39, 0.29) is 17.3 Å². The fraction of sp³-hybridized carbons (Fsp3) is 0.0952. The highest BCUT2D eigenvalue weighted by Crippen LogP contribution is 2.30. The summed E-state index contributed by atoms with van der Waals surface area (Å²) in [5.41, 5.74) is 4.17. The Balaban J connectivity index is 1.81. The minimum absolute atomic E-state index is 0.273. The standard InChI is InChI=1S/C21H16F2N4/c1-12-6-7-24-10-17(12)16-9-18(26-13(2)20(16)23)21-25-11-19(27-21)14-4-3-5-15(22)8-14/h3-11H,1-2H3,(H,25,27). The molecule has 0 bridgehead atoms. The number of halogens is 2. The van der Waals surface area contributed by atoms with Gasteiger partial charge in [-0.2, -0.15) is 0 Å². The monoisotopic (exact) mass is 362 g/mol. The van der Waals surface area contributed by atoms with Crippen molar-refractivity contribution in [3.8, 4) is 33.9 Å². The Kier molecular flexibility index (Phi) is 4.24. The summed E-state index contributed by atoms with van der Waals surface area (Å²) >= 11 is 0. The van der Waals surface area contributed by atoms with Crippen LogP contribution < -0.4 is 0 Å². The van der Waals surface area contributed by atoms with Crippen LogP contribution in [-0.4, -0.2) is 19.9 Å². The molecule has 0 aliphatic heterocycles. The molecule has 0 radical (unpaired) electrons. The summed E-state index contributed by atoms with van der Waals surface area (Å²) < 4.78 is 28.2. The molecule has 0 saturated heterocycles. The number of imidazole rings is 1. The van der Waals surface area contributed by atoms with Gasteiger partial charge in [-0.05, 0) is 43.7 Å². The predicted octanol–water partition coefficient (Wildman–Crippen LogP) is 5.10. The molecule has 3 heterocycles. The van der Waals surface area contributed by atoms with Crippen molar-refractivity contribution in [1.82, 2.24) is 19.9 Å². The molecule has 4 nitrogen and oxygen atoms in total. The fourth-order valence-electron chi connectivity index (χ4n) is 2.97. The molecular weight excluding hydrogens is 346 g/mol. The van der Waals surface area contributed by atoms with Crippen molar-refractivity contribution in [1.29, 1.82) is 0 Å². The summed E-state index contributed by atoms with van der Waals surface area (Å²) in [5, 5.41) is 0. The third-order valence-corrected chi connectivity index (χ3v) is 4.41. The normalized spacial score (nSPS) is 11.0. The van der Waals surface area contributed by atoms with Gasteiger partial charge in [-0.25, -0.2) is 18.7 Å². The molecule has 0 unspecified atom stereocenters. The first-order valence-electron chi connectivity index (χ1n) is 8.42. The third kappa shape index (κ3) is 3.21. The molecule has 0 spiro atoms. The maximum absolute atomic E-state index is 14.7. The number of nitrogens with zero attached hydrogens (tertiary/aromatic N) is 3. The number of aryl methyl sites for hydroxylation is 2. The number of aromatic amines is 1. The van der Waals surface area contributed by atoms with Crippen molar-refractivity contribution in [2.24, 2.45) is 0 Å². The number of benzene rings is 1. The lowest BCUT2D eigenvalue weighted by Crippen LogP contribution is -1.98. The molecule has 0 amide bonds. The van der Waals surface area contributed by atoms with E-state index in [0.29, 0.717) is 33.9 Å². The smallest absolute Gasteiger partial charge is 0.156 e. The number of hydrogen-bond donors (Lipinski definition) is 1. The zero-order valence-corrected chi connectivity index (χ0v) is 14.8. The predicted molar refractivity (Wildman–Crippen MR) is 99.9 cm³/mol. The van der Waals surface area contributed by atoms with Gasteiger partial charge in [0.05, 0.1) is 17.6 Å². The van der Waals surface area contributed by atoms with Crippen LogP contribution in [0, 0.1) is 25.5 Å². The molecule has 0 fully saturated rings. The van der Waals surface area contributed by atoms with E-state index in [9.17, 15) is 8.78 Å². The lowest BCUT2D eigenvalue weighted by atomic mass is 10.0. The van der Waals surface area contributed by atoms with Crippen molar-refractivity contribution in [2.75, 3.05) is 0 Å². The van der Waals surface area contributed by atoms with Crippen LogP contribution in [0.1, 0.15) is 11.3 Å². The second kappa shape index (κ2) is 6.72. The van der Waals surface area contributed by atoms with Crippen LogP contribution in [0.25, 0.3) is 33.9 Å². The van der Waals surface area contributed by atoms with Gasteiger partial charge in [0.2, 0.25) is 0 Å². The number of nitrogens with one attached hydrogen (secondary N) is 1. The number of hydrogen-bond acceptors (Lipinski definition) is 3. The molecule has 3 aromatic heterocycles. The largest absolute Gasteiger partial charge is 0.337 e.